The number of anilines is 2. The van der Waals surface area contributed by atoms with E-state index in [0.717, 1.165) is 19.3 Å². The van der Waals surface area contributed by atoms with E-state index in [2.05, 4.69) is 20.3 Å². The van der Waals surface area contributed by atoms with Gasteiger partial charge >= 0.3 is 5.97 Å². The number of carbonyl (C=O) groups excluding carboxylic acids is 1. The zero-order chi connectivity index (χ0) is 26.9. The number of nitrogens with zero attached hydrogens (tertiary/aromatic N) is 3. The lowest BCUT2D eigenvalue weighted by Gasteiger charge is -2.19. The van der Waals surface area contributed by atoms with Gasteiger partial charge in [0.15, 0.2) is 5.82 Å². The van der Waals surface area contributed by atoms with Gasteiger partial charge in [0.25, 0.3) is 0 Å². The van der Waals surface area contributed by atoms with Crippen LogP contribution in [0, 0.1) is 0 Å². The van der Waals surface area contributed by atoms with Crippen LogP contribution in [0.5, 0.6) is 5.75 Å². The molecule has 0 spiro atoms. The fourth-order valence-corrected chi connectivity index (χ4v) is 4.13. The lowest BCUT2D eigenvalue weighted by molar-refractivity contribution is -0.154. The summed E-state index contributed by atoms with van der Waals surface area (Å²) in [5.74, 6) is 0.918. The van der Waals surface area contributed by atoms with Crippen LogP contribution >= 0.6 is 0 Å². The number of esters is 1. The first kappa shape index (κ1) is 28.0. The summed E-state index contributed by atoms with van der Waals surface area (Å²) in [5, 5.41) is 8.22. The Kier molecular flexibility index (Phi) is 9.54. The first-order chi connectivity index (χ1) is 17.5. The summed E-state index contributed by atoms with van der Waals surface area (Å²) in [4.78, 5) is 24.8. The van der Waals surface area contributed by atoms with Crippen LogP contribution in [0.4, 0.5) is 11.6 Å². The summed E-state index contributed by atoms with van der Waals surface area (Å²) < 4.78 is 34.1. The number of sulfonamides is 1. The van der Waals surface area contributed by atoms with Gasteiger partial charge in [-0.2, -0.15) is 4.98 Å². The van der Waals surface area contributed by atoms with Crippen molar-refractivity contribution >= 4 is 27.6 Å². The second kappa shape index (κ2) is 12.6. The fourth-order valence-electron chi connectivity index (χ4n) is 3.49. The molecule has 0 atom stereocenters. The molecule has 0 saturated carbocycles. The summed E-state index contributed by atoms with van der Waals surface area (Å²) in [7, 11) is -3.64. The van der Waals surface area contributed by atoms with Gasteiger partial charge in [-0.05, 0) is 69.9 Å². The monoisotopic (exact) mass is 527 g/mol. The van der Waals surface area contributed by atoms with Crippen molar-refractivity contribution in [1.29, 1.82) is 0 Å². The van der Waals surface area contributed by atoms with Crippen LogP contribution in [0.2, 0.25) is 0 Å². The normalized spacial score (nSPS) is 11.7. The zero-order valence-corrected chi connectivity index (χ0v) is 22.1. The summed E-state index contributed by atoms with van der Waals surface area (Å²) in [6.07, 6.45) is 4.15. The number of benzene rings is 2. The Labute approximate surface area is 217 Å². The van der Waals surface area contributed by atoms with Crippen molar-refractivity contribution in [2.24, 2.45) is 5.14 Å². The first-order valence-electron chi connectivity index (χ1n) is 12.0. The number of nitrogens with one attached hydrogen (secondary N) is 1. The minimum atomic E-state index is -3.64. The summed E-state index contributed by atoms with van der Waals surface area (Å²) in [6.45, 7) is 6.06. The van der Waals surface area contributed by atoms with Gasteiger partial charge in [-0.1, -0.05) is 24.3 Å². The Morgan fingerprint density at radius 3 is 2.57 bits per heavy atom. The van der Waals surface area contributed by atoms with Gasteiger partial charge in [-0.25, -0.2) is 23.5 Å². The van der Waals surface area contributed by atoms with E-state index in [9.17, 15) is 13.2 Å². The van der Waals surface area contributed by atoms with E-state index in [0.29, 0.717) is 47.4 Å². The molecule has 0 aliphatic carbocycles. The molecule has 3 aromatic rings. The molecule has 198 valence electrons. The van der Waals surface area contributed by atoms with Crippen LogP contribution in [-0.2, 0) is 25.3 Å². The van der Waals surface area contributed by atoms with E-state index in [-0.39, 0.29) is 11.7 Å². The van der Waals surface area contributed by atoms with E-state index >= 15 is 0 Å². The van der Waals surface area contributed by atoms with Crippen molar-refractivity contribution in [3.8, 4) is 17.1 Å². The molecule has 1 aromatic heterocycles. The van der Waals surface area contributed by atoms with Crippen LogP contribution in [0.3, 0.4) is 0 Å². The lowest BCUT2D eigenvalue weighted by Crippen LogP contribution is -2.23. The number of carbonyl (C=O) groups is 1. The smallest absolute Gasteiger partial charge is 0.306 e. The number of para-hydroxylation sites is 1. The molecule has 2 aromatic carbocycles. The van der Waals surface area contributed by atoms with Crippen molar-refractivity contribution in [3.05, 3.63) is 60.4 Å². The molecule has 0 aliphatic rings. The Hall–Kier alpha value is -3.57. The molecular weight excluding hydrogens is 494 g/mol. The lowest BCUT2D eigenvalue weighted by atomic mass is 10.1. The molecule has 11 heteroatoms. The fraction of sp³-hybridized carbons (Fsp3) is 0.385. The second-order valence-corrected chi connectivity index (χ2v) is 11.1. The summed E-state index contributed by atoms with van der Waals surface area (Å²) in [5.41, 5.74) is 1.41. The maximum absolute atomic E-state index is 11.8. The maximum atomic E-state index is 11.8. The molecule has 0 unspecified atom stereocenters. The Morgan fingerprint density at radius 2 is 1.81 bits per heavy atom. The molecule has 0 amide bonds. The average molecular weight is 528 g/mol. The van der Waals surface area contributed by atoms with Gasteiger partial charge < -0.3 is 14.8 Å². The third-order valence-corrected chi connectivity index (χ3v) is 5.69. The molecule has 10 nitrogen and oxygen atoms in total. The van der Waals surface area contributed by atoms with Crippen LogP contribution in [-0.4, -0.2) is 41.5 Å². The average Bonchev–Trinajstić information content (AvgIpc) is 2.80. The van der Waals surface area contributed by atoms with E-state index in [1.54, 1.807) is 24.3 Å². The number of unbranched alkanes of at least 4 members (excludes halogenated alkanes) is 2. The van der Waals surface area contributed by atoms with Gasteiger partial charge in [-0.3, -0.25) is 4.79 Å². The van der Waals surface area contributed by atoms with Crippen molar-refractivity contribution in [2.45, 2.75) is 57.8 Å². The first-order valence-corrected chi connectivity index (χ1v) is 13.7. The molecule has 1 heterocycles. The number of aromatic nitrogens is 3. The molecule has 0 bridgehead atoms. The maximum Gasteiger partial charge on any atom is 0.306 e. The van der Waals surface area contributed by atoms with Gasteiger partial charge in [0.1, 0.15) is 17.7 Å². The Balaban J connectivity index is 1.59. The van der Waals surface area contributed by atoms with E-state index in [1.807, 2.05) is 45.0 Å². The minimum absolute atomic E-state index is 0.186. The highest BCUT2D eigenvalue weighted by atomic mass is 32.2. The number of nitrogens with two attached hydrogens (primary N) is 1. The van der Waals surface area contributed by atoms with Gasteiger partial charge in [0.2, 0.25) is 16.0 Å². The van der Waals surface area contributed by atoms with Crippen molar-refractivity contribution in [1.82, 2.24) is 15.0 Å². The van der Waals surface area contributed by atoms with Crippen LogP contribution in [0.1, 0.15) is 52.0 Å². The predicted molar refractivity (Wildman–Crippen MR) is 142 cm³/mol. The van der Waals surface area contributed by atoms with Gasteiger partial charge in [0, 0.05) is 12.1 Å². The predicted octanol–water partition coefficient (Wildman–Crippen LogP) is 4.35. The number of ether oxygens (including phenoxy) is 2. The quantitative estimate of drug-likeness (QED) is 0.259. The van der Waals surface area contributed by atoms with Crippen molar-refractivity contribution < 1.29 is 22.7 Å². The van der Waals surface area contributed by atoms with E-state index < -0.39 is 15.6 Å². The molecule has 0 radical (unpaired) electrons. The molecule has 0 fully saturated rings. The standard InChI is InChI=1S/C26H33N5O5S/c1-26(2,3)36-23(32)14-5-4-8-15-35-22-13-7-6-12-21(22)24-28-18-29-25(31-24)30-20-11-9-10-19(16-20)17-37(27,33)34/h6-7,9-13,16,18H,4-5,8,14-15,17H2,1-3H3,(H2,27,33,34)(H,28,29,30,31). The van der Waals surface area contributed by atoms with Crippen molar-refractivity contribution in [2.75, 3.05) is 11.9 Å². The van der Waals surface area contributed by atoms with E-state index in [4.69, 9.17) is 14.6 Å². The topological polar surface area (TPSA) is 146 Å². The van der Waals surface area contributed by atoms with Crippen LogP contribution < -0.4 is 15.2 Å². The number of hydrogen-bond acceptors (Lipinski definition) is 9. The summed E-state index contributed by atoms with van der Waals surface area (Å²) >= 11 is 0. The highest BCUT2D eigenvalue weighted by Crippen LogP contribution is 2.28. The Bertz CT molecular complexity index is 1310. The van der Waals surface area contributed by atoms with Crippen LogP contribution in [0.25, 0.3) is 11.4 Å². The Morgan fingerprint density at radius 1 is 1.03 bits per heavy atom. The number of rotatable bonds is 12. The second-order valence-electron chi connectivity index (χ2n) is 9.51. The largest absolute Gasteiger partial charge is 0.493 e. The van der Waals surface area contributed by atoms with Crippen LogP contribution in [0.15, 0.2) is 54.9 Å². The van der Waals surface area contributed by atoms with E-state index in [1.165, 1.54) is 6.33 Å². The number of hydrogen-bond donors (Lipinski definition) is 2. The molecule has 3 rings (SSSR count). The molecular formula is C26H33N5O5S. The SMILES string of the molecule is CC(C)(C)OC(=O)CCCCCOc1ccccc1-c1ncnc(Nc2cccc(CS(N)(=O)=O)c2)n1. The minimum Gasteiger partial charge on any atom is -0.493 e. The van der Waals surface area contributed by atoms with Gasteiger partial charge in [-0.15, -0.1) is 0 Å². The number of primary sulfonamides is 1. The zero-order valence-electron chi connectivity index (χ0n) is 21.3. The summed E-state index contributed by atoms with van der Waals surface area (Å²) in [6, 6.07) is 14.3. The molecule has 0 aliphatic heterocycles. The molecule has 0 saturated heterocycles. The third kappa shape index (κ3) is 10.1. The van der Waals surface area contributed by atoms with Gasteiger partial charge in [0.05, 0.1) is 17.9 Å². The third-order valence-electron chi connectivity index (χ3n) is 4.95. The highest BCUT2D eigenvalue weighted by molar-refractivity contribution is 7.88. The molecule has 37 heavy (non-hydrogen) atoms. The molecule has 3 N–H and O–H groups in total. The highest BCUT2D eigenvalue weighted by Gasteiger charge is 2.16. The van der Waals surface area contributed by atoms with Crippen molar-refractivity contribution in [3.63, 3.8) is 0 Å².